The van der Waals surface area contributed by atoms with E-state index in [9.17, 15) is 4.79 Å². The van der Waals surface area contributed by atoms with Gasteiger partial charge in [-0.2, -0.15) is 4.98 Å². The van der Waals surface area contributed by atoms with Gasteiger partial charge in [0.25, 0.3) is 0 Å². The molecule has 2 unspecified atom stereocenters. The lowest BCUT2D eigenvalue weighted by Crippen LogP contribution is -2.27. The fourth-order valence-corrected chi connectivity index (χ4v) is 7.13. The summed E-state index contributed by atoms with van der Waals surface area (Å²) in [5, 5.41) is 10.5. The van der Waals surface area contributed by atoms with E-state index >= 15 is 0 Å². The Bertz CT molecular complexity index is 1720. The molecule has 1 saturated heterocycles. The number of anilines is 2. The van der Waals surface area contributed by atoms with Gasteiger partial charge in [0.1, 0.15) is 18.1 Å². The minimum absolute atomic E-state index is 0.191. The minimum Gasteiger partial charge on any atom is -0.492 e. The number of urea groups is 1. The van der Waals surface area contributed by atoms with Gasteiger partial charge in [0, 0.05) is 52.5 Å². The maximum Gasteiger partial charge on any atom is 0.324 e. The second kappa shape index (κ2) is 10.7. The molecule has 218 valence electrons. The van der Waals surface area contributed by atoms with Crippen molar-refractivity contribution in [3.63, 3.8) is 0 Å². The molecular weight excluding hydrogens is 550 g/mol. The summed E-state index contributed by atoms with van der Waals surface area (Å²) in [5.74, 6) is 4.32. The molecule has 1 saturated carbocycles. The topological polar surface area (TPSA) is 106 Å². The molecule has 0 spiro atoms. The van der Waals surface area contributed by atoms with Crippen molar-refractivity contribution >= 4 is 49.4 Å². The van der Waals surface area contributed by atoms with Crippen LogP contribution < -0.4 is 15.4 Å². The molecule has 2 atom stereocenters. The van der Waals surface area contributed by atoms with Gasteiger partial charge in [-0.25, -0.2) is 4.79 Å². The molecule has 2 amide bonds. The van der Waals surface area contributed by atoms with Crippen LogP contribution in [0, 0.1) is 11.8 Å². The number of ether oxygens (including phenoxy) is 1. The summed E-state index contributed by atoms with van der Waals surface area (Å²) in [7, 11) is 0. The van der Waals surface area contributed by atoms with E-state index in [2.05, 4.69) is 32.8 Å². The van der Waals surface area contributed by atoms with Crippen molar-refractivity contribution in [1.82, 2.24) is 15.0 Å². The molecule has 9 nitrogen and oxygen atoms in total. The van der Waals surface area contributed by atoms with E-state index in [0.717, 1.165) is 50.2 Å². The molecule has 5 aromatic rings. The van der Waals surface area contributed by atoms with Gasteiger partial charge in [0.15, 0.2) is 16.2 Å². The third kappa shape index (κ3) is 5.48. The first-order chi connectivity index (χ1) is 20.3. The second-order valence-electron chi connectivity index (χ2n) is 12.5. The Morgan fingerprint density at radius 2 is 1.86 bits per heavy atom. The van der Waals surface area contributed by atoms with E-state index in [4.69, 9.17) is 18.7 Å². The number of nitrogens with one attached hydrogen (secondary N) is 2. The molecule has 1 aliphatic heterocycles. The number of rotatable bonds is 7. The number of thiophene rings is 1. The van der Waals surface area contributed by atoms with Gasteiger partial charge in [-0.15, -0.1) is 11.3 Å². The van der Waals surface area contributed by atoms with Crippen molar-refractivity contribution in [3.05, 3.63) is 54.3 Å². The first kappa shape index (κ1) is 27.0. The third-order valence-corrected chi connectivity index (χ3v) is 9.39. The number of carbonyl (C=O) groups is 1. The van der Waals surface area contributed by atoms with E-state index in [1.54, 1.807) is 17.4 Å². The molecule has 3 aromatic heterocycles. The summed E-state index contributed by atoms with van der Waals surface area (Å²) in [6.07, 6.45) is 4.22. The molecule has 2 aliphatic rings. The normalized spacial score (nSPS) is 19.0. The first-order valence-electron chi connectivity index (χ1n) is 14.6. The number of hydrogen-bond acceptors (Lipinski definition) is 8. The van der Waals surface area contributed by atoms with Crippen LogP contribution in [-0.2, 0) is 5.41 Å². The zero-order valence-electron chi connectivity index (χ0n) is 24.1. The van der Waals surface area contributed by atoms with Gasteiger partial charge in [-0.05, 0) is 67.1 Å². The van der Waals surface area contributed by atoms with Crippen LogP contribution in [0.4, 0.5) is 16.3 Å². The van der Waals surface area contributed by atoms with Crippen LogP contribution in [0.5, 0.6) is 5.75 Å². The van der Waals surface area contributed by atoms with Gasteiger partial charge in [0.05, 0.1) is 0 Å². The minimum atomic E-state index is -0.402. The standard InChI is InChI=1S/C32H35N5O4S/c1-32(2,3)26-16-27(36-41-26)34-31(38)33-22-9-7-19(8-10-22)29-35-30-28(40-29)24-12-11-23(15-25(24)42-30)39-14-13-37-17-20-5-4-6-21(20)18-37/h7-12,15-16,20-21H,4-6,13-14,17-18H2,1-3H3,(H2,33,34,36,38). The lowest BCUT2D eigenvalue weighted by molar-refractivity contribution is 0.227. The van der Waals surface area contributed by atoms with Gasteiger partial charge in [0.2, 0.25) is 5.89 Å². The summed E-state index contributed by atoms with van der Waals surface area (Å²) in [6.45, 7) is 10.2. The predicted molar refractivity (Wildman–Crippen MR) is 165 cm³/mol. The first-order valence-corrected chi connectivity index (χ1v) is 15.4. The van der Waals surface area contributed by atoms with Crippen LogP contribution in [0.15, 0.2) is 57.5 Å². The average molecular weight is 586 g/mol. The highest BCUT2D eigenvalue weighted by Crippen LogP contribution is 2.39. The van der Waals surface area contributed by atoms with Crippen molar-refractivity contribution in [2.45, 2.75) is 45.4 Å². The number of nitrogens with zero attached hydrogens (tertiary/aromatic N) is 3. The molecule has 4 heterocycles. The monoisotopic (exact) mass is 585 g/mol. The Kier molecular flexibility index (Phi) is 6.90. The number of carbonyl (C=O) groups excluding carboxylic acids is 1. The van der Waals surface area contributed by atoms with Crippen molar-refractivity contribution in [2.75, 3.05) is 36.9 Å². The zero-order valence-corrected chi connectivity index (χ0v) is 24.9. The number of hydrogen-bond donors (Lipinski definition) is 2. The van der Waals surface area contributed by atoms with E-state index in [1.807, 2.05) is 51.1 Å². The molecule has 0 radical (unpaired) electrons. The number of benzene rings is 2. The SMILES string of the molecule is CC(C)(C)c1cc(NC(=O)Nc2ccc(-c3nc4sc5cc(OCCN6CC7CCCC7C6)ccc5c4o3)cc2)no1. The van der Waals surface area contributed by atoms with Crippen LogP contribution >= 0.6 is 11.3 Å². The van der Waals surface area contributed by atoms with E-state index in [1.165, 1.54) is 32.4 Å². The third-order valence-electron chi connectivity index (χ3n) is 8.36. The lowest BCUT2D eigenvalue weighted by atomic mass is 9.93. The summed E-state index contributed by atoms with van der Waals surface area (Å²) >= 11 is 1.60. The summed E-state index contributed by atoms with van der Waals surface area (Å²) < 4.78 is 18.7. The van der Waals surface area contributed by atoms with Crippen molar-refractivity contribution in [1.29, 1.82) is 0 Å². The van der Waals surface area contributed by atoms with Crippen molar-refractivity contribution < 1.29 is 18.5 Å². The predicted octanol–water partition coefficient (Wildman–Crippen LogP) is 7.75. The van der Waals surface area contributed by atoms with Crippen LogP contribution in [0.3, 0.4) is 0 Å². The second-order valence-corrected chi connectivity index (χ2v) is 13.5. The largest absolute Gasteiger partial charge is 0.492 e. The fourth-order valence-electron chi connectivity index (χ4n) is 6.11. The van der Waals surface area contributed by atoms with E-state index in [0.29, 0.717) is 29.8 Å². The van der Waals surface area contributed by atoms with Crippen LogP contribution in [0.25, 0.3) is 32.0 Å². The lowest BCUT2D eigenvalue weighted by Gasteiger charge is -2.17. The zero-order chi connectivity index (χ0) is 28.8. The van der Waals surface area contributed by atoms with Gasteiger partial charge < -0.3 is 19.0 Å². The molecule has 2 aromatic carbocycles. The van der Waals surface area contributed by atoms with Gasteiger partial charge in [-0.3, -0.25) is 10.2 Å². The Hall–Kier alpha value is -3.89. The number of aromatic nitrogens is 2. The molecule has 1 aliphatic carbocycles. The summed E-state index contributed by atoms with van der Waals surface area (Å²) in [6, 6.07) is 14.9. The van der Waals surface area contributed by atoms with Crippen molar-refractivity contribution in [2.24, 2.45) is 11.8 Å². The van der Waals surface area contributed by atoms with Crippen molar-refractivity contribution in [3.8, 4) is 17.2 Å². The molecule has 0 bridgehead atoms. The molecule has 2 N–H and O–H groups in total. The van der Waals surface area contributed by atoms with Crippen LogP contribution in [0.1, 0.15) is 45.8 Å². The molecular formula is C32H35N5O4S. The number of fused-ring (bicyclic) bond motifs is 4. The van der Waals surface area contributed by atoms with E-state index in [-0.39, 0.29) is 5.41 Å². The molecule has 7 rings (SSSR count). The number of amides is 2. The smallest absolute Gasteiger partial charge is 0.324 e. The highest BCUT2D eigenvalue weighted by atomic mass is 32.1. The van der Waals surface area contributed by atoms with Crippen LogP contribution in [0.2, 0.25) is 0 Å². The average Bonchev–Trinajstić information content (AvgIpc) is 3.75. The Morgan fingerprint density at radius 1 is 1.07 bits per heavy atom. The fraction of sp³-hybridized carbons (Fsp3) is 0.406. The molecule has 2 fully saturated rings. The highest BCUT2D eigenvalue weighted by Gasteiger charge is 2.35. The van der Waals surface area contributed by atoms with Gasteiger partial charge in [-0.1, -0.05) is 32.3 Å². The maximum atomic E-state index is 12.4. The number of oxazole rings is 1. The Labute approximate surface area is 248 Å². The van der Waals surface area contributed by atoms with Gasteiger partial charge >= 0.3 is 6.03 Å². The number of likely N-dealkylation sites (tertiary alicyclic amines) is 1. The summed E-state index contributed by atoms with van der Waals surface area (Å²) in [4.78, 5) is 20.6. The Morgan fingerprint density at radius 3 is 2.60 bits per heavy atom. The quantitative estimate of drug-likeness (QED) is 0.201. The van der Waals surface area contributed by atoms with E-state index < -0.39 is 6.03 Å². The maximum absolute atomic E-state index is 12.4. The van der Waals surface area contributed by atoms with Crippen LogP contribution in [-0.4, -0.2) is 47.3 Å². The highest BCUT2D eigenvalue weighted by molar-refractivity contribution is 7.25. The summed E-state index contributed by atoms with van der Waals surface area (Å²) in [5.41, 5.74) is 2.05. The Balaban J connectivity index is 0.964. The molecule has 10 heteroatoms. The molecule has 42 heavy (non-hydrogen) atoms.